The van der Waals surface area contributed by atoms with Crippen LogP contribution in [0.4, 0.5) is 0 Å². The fourth-order valence-electron chi connectivity index (χ4n) is 4.02. The Bertz CT molecular complexity index is 1190. The predicted octanol–water partition coefficient (Wildman–Crippen LogP) is 5.13. The van der Waals surface area contributed by atoms with Crippen molar-refractivity contribution in [1.29, 1.82) is 0 Å². The number of aliphatic hydroxyl groups is 1. The summed E-state index contributed by atoms with van der Waals surface area (Å²) in [6.07, 6.45) is 3.99. The number of Topliss-reactive ketones (excluding diaryl/α,β-unsaturated/α-hetero) is 1. The molecule has 1 unspecified atom stereocenters. The second-order valence-corrected chi connectivity index (χ2v) is 8.75. The first-order chi connectivity index (χ1) is 16.5. The van der Waals surface area contributed by atoms with Crippen LogP contribution in [0.2, 0.25) is 0 Å². The number of ether oxygens (including phenoxy) is 1. The number of hydrogen-bond acceptors (Lipinski definition) is 5. The van der Waals surface area contributed by atoms with Gasteiger partial charge in [0.05, 0.1) is 18.2 Å². The molecule has 0 saturated carbocycles. The van der Waals surface area contributed by atoms with Crippen molar-refractivity contribution in [2.75, 3.05) is 6.61 Å². The number of ketones is 1. The molecule has 174 valence electrons. The summed E-state index contributed by atoms with van der Waals surface area (Å²) < 4.78 is 5.93. The molecular weight excluding hydrogens is 428 g/mol. The Kier molecular flexibility index (Phi) is 7.07. The van der Waals surface area contributed by atoms with E-state index in [4.69, 9.17) is 4.74 Å². The minimum Gasteiger partial charge on any atom is -0.507 e. The van der Waals surface area contributed by atoms with Crippen LogP contribution >= 0.6 is 0 Å². The second kappa shape index (κ2) is 10.3. The molecule has 0 aliphatic carbocycles. The van der Waals surface area contributed by atoms with E-state index in [0.717, 1.165) is 12.0 Å². The molecule has 1 aliphatic heterocycles. The number of hydrogen-bond donors (Lipinski definition) is 1. The summed E-state index contributed by atoms with van der Waals surface area (Å²) in [6, 6.07) is 19.4. The number of carbonyl (C=O) groups is 2. The number of nitrogens with zero attached hydrogens (tertiary/aromatic N) is 2. The monoisotopic (exact) mass is 456 g/mol. The molecule has 2 heterocycles. The maximum absolute atomic E-state index is 13.2. The zero-order chi connectivity index (χ0) is 24.1. The predicted molar refractivity (Wildman–Crippen MR) is 130 cm³/mol. The molecule has 0 spiro atoms. The van der Waals surface area contributed by atoms with Gasteiger partial charge < -0.3 is 14.7 Å². The number of rotatable bonds is 8. The van der Waals surface area contributed by atoms with E-state index < -0.39 is 17.7 Å². The maximum Gasteiger partial charge on any atom is 0.295 e. The van der Waals surface area contributed by atoms with Crippen molar-refractivity contribution >= 4 is 17.4 Å². The SMILES string of the molecule is CC(C)CCOc1cccc(C2/C(=C(\O)c3ccncc3)C(=O)C(=O)N2Cc2ccccc2)c1. The zero-order valence-corrected chi connectivity index (χ0v) is 19.3. The molecule has 1 N–H and O–H groups in total. The summed E-state index contributed by atoms with van der Waals surface area (Å²) in [4.78, 5) is 31.8. The Hall–Kier alpha value is -3.93. The van der Waals surface area contributed by atoms with E-state index >= 15 is 0 Å². The molecule has 4 rings (SSSR count). The van der Waals surface area contributed by atoms with Gasteiger partial charge in [-0.05, 0) is 47.7 Å². The molecule has 0 radical (unpaired) electrons. The highest BCUT2D eigenvalue weighted by Gasteiger charge is 2.46. The van der Waals surface area contributed by atoms with Gasteiger partial charge >= 0.3 is 0 Å². The van der Waals surface area contributed by atoms with Crippen LogP contribution in [-0.2, 0) is 16.1 Å². The fraction of sp³-hybridized carbons (Fsp3) is 0.250. The number of pyridine rings is 1. The second-order valence-electron chi connectivity index (χ2n) is 8.75. The van der Waals surface area contributed by atoms with E-state index in [0.29, 0.717) is 29.4 Å². The lowest BCUT2D eigenvalue weighted by Crippen LogP contribution is -2.29. The lowest BCUT2D eigenvalue weighted by molar-refractivity contribution is -0.140. The number of amides is 1. The number of carbonyl (C=O) groups excluding carboxylic acids is 2. The maximum atomic E-state index is 13.2. The highest BCUT2D eigenvalue weighted by Crippen LogP contribution is 2.41. The molecule has 1 aliphatic rings. The first kappa shape index (κ1) is 23.2. The van der Waals surface area contributed by atoms with Crippen molar-refractivity contribution in [2.24, 2.45) is 5.92 Å². The van der Waals surface area contributed by atoms with Gasteiger partial charge in [-0.2, -0.15) is 0 Å². The smallest absolute Gasteiger partial charge is 0.295 e. The van der Waals surface area contributed by atoms with E-state index in [1.807, 2.05) is 54.6 Å². The van der Waals surface area contributed by atoms with Crippen LogP contribution in [0.3, 0.4) is 0 Å². The summed E-state index contributed by atoms with van der Waals surface area (Å²) in [5.41, 5.74) is 2.09. The molecule has 1 amide bonds. The lowest BCUT2D eigenvalue weighted by Gasteiger charge is -2.26. The van der Waals surface area contributed by atoms with Crippen LogP contribution < -0.4 is 4.74 Å². The third kappa shape index (κ3) is 5.01. The Morgan fingerprint density at radius 1 is 1.03 bits per heavy atom. The molecule has 1 fully saturated rings. The van der Waals surface area contributed by atoms with Gasteiger partial charge in [-0.25, -0.2) is 0 Å². The molecule has 6 nitrogen and oxygen atoms in total. The standard InChI is InChI=1S/C28H28N2O4/c1-19(2)13-16-34-23-10-6-9-22(17-23)25-24(26(31)21-11-14-29-15-12-21)27(32)28(33)30(25)18-20-7-4-3-5-8-20/h3-12,14-15,17,19,25,31H,13,16,18H2,1-2H3/b26-24+. The van der Waals surface area contributed by atoms with Crippen LogP contribution in [0.15, 0.2) is 84.7 Å². The van der Waals surface area contributed by atoms with Crippen molar-refractivity contribution < 1.29 is 19.4 Å². The summed E-state index contributed by atoms with van der Waals surface area (Å²) in [6.45, 7) is 5.08. The molecule has 1 saturated heterocycles. The van der Waals surface area contributed by atoms with Gasteiger partial charge in [0.25, 0.3) is 11.7 Å². The summed E-state index contributed by atoms with van der Waals surface area (Å²) in [5, 5.41) is 11.1. The van der Waals surface area contributed by atoms with Gasteiger partial charge in [-0.1, -0.05) is 56.3 Å². The minimum absolute atomic E-state index is 0.0615. The van der Waals surface area contributed by atoms with Crippen LogP contribution in [-0.4, -0.2) is 33.3 Å². The van der Waals surface area contributed by atoms with Gasteiger partial charge in [0.1, 0.15) is 11.5 Å². The first-order valence-electron chi connectivity index (χ1n) is 11.4. The largest absolute Gasteiger partial charge is 0.507 e. The molecule has 6 heteroatoms. The van der Waals surface area contributed by atoms with Crippen LogP contribution in [0, 0.1) is 5.92 Å². The third-order valence-electron chi connectivity index (χ3n) is 5.83. The van der Waals surface area contributed by atoms with Crippen LogP contribution in [0.25, 0.3) is 5.76 Å². The average molecular weight is 457 g/mol. The van der Waals surface area contributed by atoms with Crippen molar-refractivity contribution in [3.8, 4) is 5.75 Å². The number of likely N-dealkylation sites (tertiary alicyclic amines) is 1. The Balaban J connectivity index is 1.77. The molecule has 3 aromatic rings. The van der Waals surface area contributed by atoms with Crippen molar-refractivity contribution in [3.05, 3.63) is 101 Å². The molecule has 0 bridgehead atoms. The van der Waals surface area contributed by atoms with E-state index in [2.05, 4.69) is 18.8 Å². The molecule has 1 atom stereocenters. The first-order valence-corrected chi connectivity index (χ1v) is 11.4. The molecular formula is C28H28N2O4. The Morgan fingerprint density at radius 3 is 2.47 bits per heavy atom. The average Bonchev–Trinajstić information content (AvgIpc) is 3.10. The lowest BCUT2D eigenvalue weighted by atomic mass is 9.95. The van der Waals surface area contributed by atoms with E-state index in [1.54, 1.807) is 12.1 Å². The van der Waals surface area contributed by atoms with E-state index in [-0.39, 0.29) is 17.9 Å². The van der Waals surface area contributed by atoms with E-state index in [1.165, 1.54) is 17.3 Å². The zero-order valence-electron chi connectivity index (χ0n) is 19.3. The van der Waals surface area contributed by atoms with Crippen molar-refractivity contribution in [2.45, 2.75) is 32.9 Å². The van der Waals surface area contributed by atoms with Gasteiger partial charge in [0, 0.05) is 24.5 Å². The highest BCUT2D eigenvalue weighted by molar-refractivity contribution is 6.46. The minimum atomic E-state index is -0.748. The van der Waals surface area contributed by atoms with Crippen molar-refractivity contribution in [3.63, 3.8) is 0 Å². The van der Waals surface area contributed by atoms with E-state index in [9.17, 15) is 14.7 Å². The number of aromatic nitrogens is 1. The fourth-order valence-corrected chi connectivity index (χ4v) is 4.02. The summed E-state index contributed by atoms with van der Waals surface area (Å²) in [5.74, 6) is -0.391. The highest BCUT2D eigenvalue weighted by atomic mass is 16.5. The van der Waals surface area contributed by atoms with Gasteiger partial charge in [0.15, 0.2) is 0 Å². The topological polar surface area (TPSA) is 79.7 Å². The third-order valence-corrected chi connectivity index (χ3v) is 5.83. The molecule has 34 heavy (non-hydrogen) atoms. The van der Waals surface area contributed by atoms with Gasteiger partial charge in [-0.3, -0.25) is 14.6 Å². The Morgan fingerprint density at radius 2 is 1.76 bits per heavy atom. The normalized spacial score (nSPS) is 17.4. The quantitative estimate of drug-likeness (QED) is 0.289. The Labute approximate surface area is 199 Å². The summed E-state index contributed by atoms with van der Waals surface area (Å²) >= 11 is 0. The number of benzene rings is 2. The van der Waals surface area contributed by atoms with Crippen LogP contribution in [0.5, 0.6) is 5.75 Å². The van der Waals surface area contributed by atoms with Gasteiger partial charge in [-0.15, -0.1) is 0 Å². The number of aliphatic hydroxyl groups excluding tert-OH is 1. The van der Waals surface area contributed by atoms with Crippen molar-refractivity contribution in [1.82, 2.24) is 9.88 Å². The molecule has 1 aromatic heterocycles. The van der Waals surface area contributed by atoms with Crippen LogP contribution in [0.1, 0.15) is 43.0 Å². The molecule has 2 aromatic carbocycles. The van der Waals surface area contributed by atoms with Gasteiger partial charge in [0.2, 0.25) is 0 Å². The summed E-state index contributed by atoms with van der Waals surface area (Å²) in [7, 11) is 0.